The van der Waals surface area contributed by atoms with Crippen LogP contribution < -0.4 is 9.62 Å². The van der Waals surface area contributed by atoms with Crippen molar-refractivity contribution >= 4 is 38.9 Å². The number of sulfonamides is 1. The predicted octanol–water partition coefficient (Wildman–Crippen LogP) is 4.81. The first-order chi connectivity index (χ1) is 13.4. The highest BCUT2D eigenvalue weighted by Crippen LogP contribution is 2.24. The third-order valence-electron chi connectivity index (χ3n) is 4.15. The van der Waals surface area contributed by atoms with E-state index in [1.807, 2.05) is 6.07 Å². The number of benzene rings is 3. The Morgan fingerprint density at radius 3 is 2.14 bits per heavy atom. The molecule has 1 amide bonds. The lowest BCUT2D eigenvalue weighted by molar-refractivity contribution is 0.102. The summed E-state index contributed by atoms with van der Waals surface area (Å²) < 4.78 is 27.3. The zero-order valence-corrected chi connectivity index (χ0v) is 16.7. The lowest BCUT2D eigenvalue weighted by atomic mass is 10.2. The minimum Gasteiger partial charge on any atom is -0.322 e. The van der Waals surface area contributed by atoms with Gasteiger partial charge < -0.3 is 5.32 Å². The second kappa shape index (κ2) is 8.46. The van der Waals surface area contributed by atoms with Crippen LogP contribution in [-0.4, -0.2) is 20.9 Å². The third kappa shape index (κ3) is 4.18. The van der Waals surface area contributed by atoms with Crippen LogP contribution in [0.25, 0.3) is 0 Å². The average Bonchev–Trinajstić information content (AvgIpc) is 2.70. The molecule has 28 heavy (non-hydrogen) atoms. The minimum absolute atomic E-state index is 0.147. The molecular formula is C21H19ClN2O3S. The van der Waals surface area contributed by atoms with Crippen molar-refractivity contribution in [2.75, 3.05) is 16.2 Å². The van der Waals surface area contributed by atoms with Crippen molar-refractivity contribution in [2.45, 2.75) is 11.8 Å². The Balaban J connectivity index is 1.82. The summed E-state index contributed by atoms with van der Waals surface area (Å²) in [6.45, 7) is 2.08. The Bertz CT molecular complexity index is 1070. The summed E-state index contributed by atoms with van der Waals surface area (Å²) in [4.78, 5) is 12.5. The van der Waals surface area contributed by atoms with Gasteiger partial charge in [0.05, 0.1) is 21.2 Å². The number of rotatable bonds is 6. The van der Waals surface area contributed by atoms with Crippen LogP contribution >= 0.6 is 11.6 Å². The number of carbonyl (C=O) groups is 1. The predicted molar refractivity (Wildman–Crippen MR) is 112 cm³/mol. The molecule has 0 bridgehead atoms. The molecule has 7 heteroatoms. The maximum atomic E-state index is 13.0. The van der Waals surface area contributed by atoms with Crippen LogP contribution in [0.5, 0.6) is 0 Å². The number of anilines is 2. The summed E-state index contributed by atoms with van der Waals surface area (Å²) >= 11 is 6.03. The lowest BCUT2D eigenvalue weighted by Crippen LogP contribution is -2.30. The largest absolute Gasteiger partial charge is 0.322 e. The van der Waals surface area contributed by atoms with Crippen LogP contribution in [-0.2, 0) is 10.0 Å². The molecule has 3 rings (SSSR count). The van der Waals surface area contributed by atoms with Crippen LogP contribution in [0.15, 0.2) is 83.8 Å². The summed E-state index contributed by atoms with van der Waals surface area (Å²) in [5.74, 6) is -0.360. The zero-order valence-electron chi connectivity index (χ0n) is 15.2. The molecule has 3 aromatic carbocycles. The van der Waals surface area contributed by atoms with Gasteiger partial charge in [-0.15, -0.1) is 0 Å². The lowest BCUT2D eigenvalue weighted by Gasteiger charge is -2.23. The molecular weight excluding hydrogens is 396 g/mol. The first-order valence-electron chi connectivity index (χ1n) is 8.67. The first kappa shape index (κ1) is 19.9. The molecule has 0 spiro atoms. The van der Waals surface area contributed by atoms with Crippen molar-refractivity contribution in [2.24, 2.45) is 0 Å². The highest BCUT2D eigenvalue weighted by Gasteiger charge is 2.23. The normalized spacial score (nSPS) is 11.1. The third-order valence-corrected chi connectivity index (χ3v) is 6.40. The van der Waals surface area contributed by atoms with E-state index in [4.69, 9.17) is 11.6 Å². The molecule has 1 N–H and O–H groups in total. The molecule has 0 aromatic heterocycles. The Morgan fingerprint density at radius 2 is 1.54 bits per heavy atom. The van der Waals surface area contributed by atoms with Gasteiger partial charge in [0.2, 0.25) is 0 Å². The number of nitrogens with one attached hydrogen (secondary N) is 1. The van der Waals surface area contributed by atoms with E-state index in [2.05, 4.69) is 5.32 Å². The van der Waals surface area contributed by atoms with Gasteiger partial charge in [0, 0.05) is 12.2 Å². The molecule has 0 unspecified atom stereocenters. The highest BCUT2D eigenvalue weighted by atomic mass is 35.5. The van der Waals surface area contributed by atoms with Crippen molar-refractivity contribution in [3.05, 3.63) is 89.4 Å². The maximum absolute atomic E-state index is 13.0. The number of amides is 1. The van der Waals surface area contributed by atoms with Crippen molar-refractivity contribution in [3.8, 4) is 0 Å². The molecule has 3 aromatic rings. The van der Waals surface area contributed by atoms with Crippen molar-refractivity contribution in [3.63, 3.8) is 0 Å². The second-order valence-corrected chi connectivity index (χ2v) is 8.23. The van der Waals surface area contributed by atoms with Crippen LogP contribution in [0.2, 0.25) is 5.02 Å². The molecule has 0 radical (unpaired) electrons. The van der Waals surface area contributed by atoms with Crippen molar-refractivity contribution in [1.82, 2.24) is 0 Å². The summed E-state index contributed by atoms with van der Waals surface area (Å²) in [7, 11) is -3.71. The summed E-state index contributed by atoms with van der Waals surface area (Å²) in [6.07, 6.45) is 0. The van der Waals surface area contributed by atoms with E-state index in [1.165, 1.54) is 16.4 Å². The van der Waals surface area contributed by atoms with E-state index in [0.717, 1.165) is 0 Å². The molecule has 144 valence electrons. The Hall–Kier alpha value is -2.83. The van der Waals surface area contributed by atoms with Crippen molar-refractivity contribution < 1.29 is 13.2 Å². The average molecular weight is 415 g/mol. The second-order valence-electron chi connectivity index (χ2n) is 5.96. The molecule has 0 aliphatic heterocycles. The SMILES string of the molecule is CCN(c1ccccc1)S(=O)(=O)c1ccc(NC(=O)c2ccccc2Cl)cc1. The number of nitrogens with zero attached hydrogens (tertiary/aromatic N) is 1. The molecule has 0 saturated heterocycles. The van der Waals surface area contributed by atoms with Crippen LogP contribution in [0.3, 0.4) is 0 Å². The van der Waals surface area contributed by atoms with Crippen LogP contribution in [0.4, 0.5) is 11.4 Å². The van der Waals surface area contributed by atoms with Gasteiger partial charge >= 0.3 is 0 Å². The molecule has 0 fully saturated rings. The van der Waals surface area contributed by atoms with Gasteiger partial charge in [0.15, 0.2) is 0 Å². The fourth-order valence-electron chi connectivity index (χ4n) is 2.77. The van der Waals surface area contributed by atoms with E-state index in [1.54, 1.807) is 67.6 Å². The van der Waals surface area contributed by atoms with E-state index in [0.29, 0.717) is 28.5 Å². The van der Waals surface area contributed by atoms with Gasteiger partial charge in [-0.05, 0) is 55.5 Å². The zero-order chi connectivity index (χ0) is 20.1. The van der Waals surface area contributed by atoms with Crippen molar-refractivity contribution in [1.29, 1.82) is 0 Å². The van der Waals surface area contributed by atoms with E-state index < -0.39 is 10.0 Å². The molecule has 0 atom stereocenters. The van der Waals surface area contributed by atoms with Gasteiger partial charge in [-0.3, -0.25) is 9.10 Å². The van der Waals surface area contributed by atoms with E-state index in [-0.39, 0.29) is 10.8 Å². The topological polar surface area (TPSA) is 66.5 Å². The smallest absolute Gasteiger partial charge is 0.264 e. The standard InChI is InChI=1S/C21H19ClN2O3S/c1-2-24(17-8-4-3-5-9-17)28(26,27)18-14-12-16(13-15-18)23-21(25)19-10-6-7-11-20(19)22/h3-15H,2H2,1H3,(H,23,25). The molecule has 5 nitrogen and oxygen atoms in total. The van der Waals surface area contributed by atoms with Gasteiger partial charge in [-0.1, -0.05) is 41.9 Å². The quantitative estimate of drug-likeness (QED) is 0.629. The Labute approximate surface area is 169 Å². The fourth-order valence-corrected chi connectivity index (χ4v) is 4.46. The van der Waals surface area contributed by atoms with Gasteiger partial charge in [0.1, 0.15) is 0 Å². The van der Waals surface area contributed by atoms with E-state index >= 15 is 0 Å². The molecule has 0 heterocycles. The van der Waals surface area contributed by atoms with Gasteiger partial charge in [-0.2, -0.15) is 0 Å². The minimum atomic E-state index is -3.71. The van der Waals surface area contributed by atoms with Crippen LogP contribution in [0.1, 0.15) is 17.3 Å². The number of carbonyl (C=O) groups excluding carboxylic acids is 1. The number of hydrogen-bond acceptors (Lipinski definition) is 3. The summed E-state index contributed by atoms with van der Waals surface area (Å²) in [6, 6.07) is 21.7. The monoisotopic (exact) mass is 414 g/mol. The molecule has 0 aliphatic rings. The Kier molecular flexibility index (Phi) is 6.02. The summed E-state index contributed by atoms with van der Waals surface area (Å²) in [5, 5.41) is 3.07. The highest BCUT2D eigenvalue weighted by molar-refractivity contribution is 7.92. The Morgan fingerprint density at radius 1 is 0.929 bits per heavy atom. The summed E-state index contributed by atoms with van der Waals surface area (Å²) in [5.41, 5.74) is 1.43. The molecule has 0 saturated carbocycles. The number of para-hydroxylation sites is 1. The maximum Gasteiger partial charge on any atom is 0.264 e. The first-order valence-corrected chi connectivity index (χ1v) is 10.5. The molecule has 0 aliphatic carbocycles. The number of halogens is 1. The fraction of sp³-hybridized carbons (Fsp3) is 0.0952. The van der Waals surface area contributed by atoms with Crippen LogP contribution in [0, 0.1) is 0 Å². The van der Waals surface area contributed by atoms with E-state index in [9.17, 15) is 13.2 Å². The van der Waals surface area contributed by atoms with Gasteiger partial charge in [-0.25, -0.2) is 8.42 Å². The van der Waals surface area contributed by atoms with Gasteiger partial charge in [0.25, 0.3) is 15.9 Å². The number of hydrogen-bond donors (Lipinski definition) is 1.